The van der Waals surface area contributed by atoms with Gasteiger partial charge >= 0.3 is 0 Å². The van der Waals surface area contributed by atoms with E-state index in [0.29, 0.717) is 17.7 Å². The van der Waals surface area contributed by atoms with Crippen LogP contribution in [0.3, 0.4) is 0 Å². The molecule has 5 heteroatoms. The quantitative estimate of drug-likeness (QED) is 0.666. The van der Waals surface area contributed by atoms with Crippen LogP contribution in [0, 0.1) is 0 Å². The van der Waals surface area contributed by atoms with E-state index in [0.717, 1.165) is 19.3 Å². The Bertz CT molecular complexity index is 287. The molecule has 3 N–H and O–H groups in total. The van der Waals surface area contributed by atoms with Gasteiger partial charge in [-0.2, -0.15) is 0 Å². The van der Waals surface area contributed by atoms with Crippen molar-refractivity contribution in [2.45, 2.75) is 25.7 Å². The van der Waals surface area contributed by atoms with Crippen LogP contribution in [0.2, 0.25) is 0 Å². The van der Waals surface area contributed by atoms with E-state index in [-0.39, 0.29) is 5.88 Å². The van der Waals surface area contributed by atoms with Crippen LogP contribution in [-0.4, -0.2) is 17.7 Å². The average molecular weight is 217 g/mol. The van der Waals surface area contributed by atoms with Gasteiger partial charge in [0.25, 0.3) is 5.91 Å². The van der Waals surface area contributed by atoms with Gasteiger partial charge in [0.2, 0.25) is 5.91 Å². The Morgan fingerprint density at radius 2 is 2.00 bits per heavy atom. The van der Waals surface area contributed by atoms with Gasteiger partial charge in [0.1, 0.15) is 5.88 Å². The maximum Gasteiger partial charge on any atom is 0.255 e. The number of alkyl halides is 1. The van der Waals surface area contributed by atoms with Crippen molar-refractivity contribution in [1.29, 1.82) is 0 Å². The lowest BCUT2D eigenvalue weighted by atomic mass is 9.96. The largest absolute Gasteiger partial charge is 0.402 e. The molecule has 0 bridgehead atoms. The molecule has 1 aliphatic rings. The van der Waals surface area contributed by atoms with E-state index in [1.807, 2.05) is 0 Å². The van der Waals surface area contributed by atoms with Gasteiger partial charge < -0.3 is 5.73 Å². The molecule has 0 aromatic heterocycles. The Labute approximate surface area is 87.5 Å². The molecular weight excluding hydrogens is 204 g/mol. The highest BCUT2D eigenvalue weighted by molar-refractivity contribution is 6.28. The number of hydrogen-bond donors (Lipinski definition) is 2. The number of halogens is 1. The summed E-state index contributed by atoms with van der Waals surface area (Å²) in [7, 11) is 0. The van der Waals surface area contributed by atoms with Crippen LogP contribution in [0.25, 0.3) is 0 Å². The lowest BCUT2D eigenvalue weighted by molar-refractivity contribution is -0.127. The predicted molar refractivity (Wildman–Crippen MR) is 53.6 cm³/mol. The van der Waals surface area contributed by atoms with Gasteiger partial charge in [0, 0.05) is 11.3 Å². The van der Waals surface area contributed by atoms with Crippen molar-refractivity contribution in [3.05, 3.63) is 11.3 Å². The minimum atomic E-state index is -0.484. The number of allylic oxidation sites excluding steroid dienone is 1. The fourth-order valence-corrected chi connectivity index (χ4v) is 1.49. The fourth-order valence-electron chi connectivity index (χ4n) is 1.42. The lowest BCUT2D eigenvalue weighted by Gasteiger charge is -2.15. The molecule has 1 aliphatic carbocycles. The molecule has 2 amide bonds. The van der Waals surface area contributed by atoms with Crippen molar-refractivity contribution in [2.75, 3.05) is 5.88 Å². The summed E-state index contributed by atoms with van der Waals surface area (Å²) in [6.45, 7) is 0. The number of amides is 2. The standard InChI is InChI=1S/C9H13ClN2O2/c10-5-8(13)12-9(14)6-3-1-2-4-7(6)11/h1-5,11H2,(H,12,13,14). The number of hydrogen-bond acceptors (Lipinski definition) is 3. The van der Waals surface area contributed by atoms with Gasteiger partial charge in [-0.25, -0.2) is 0 Å². The third-order valence-corrected chi connectivity index (χ3v) is 2.40. The average Bonchev–Trinajstić information content (AvgIpc) is 2.18. The number of carbonyl (C=O) groups is 2. The van der Waals surface area contributed by atoms with Crippen molar-refractivity contribution in [3.8, 4) is 0 Å². The molecule has 0 spiro atoms. The normalized spacial score (nSPS) is 16.6. The summed E-state index contributed by atoms with van der Waals surface area (Å²) in [5.74, 6) is -1.09. The molecule has 0 heterocycles. The third kappa shape index (κ3) is 2.73. The zero-order valence-electron chi connectivity index (χ0n) is 7.81. The first-order valence-electron chi connectivity index (χ1n) is 4.52. The molecule has 4 nitrogen and oxygen atoms in total. The number of nitrogens with two attached hydrogens (primary N) is 1. The van der Waals surface area contributed by atoms with Crippen LogP contribution < -0.4 is 11.1 Å². The van der Waals surface area contributed by atoms with Crippen LogP contribution in [0.1, 0.15) is 25.7 Å². The molecular formula is C9H13ClN2O2. The minimum Gasteiger partial charge on any atom is -0.402 e. The molecule has 0 aliphatic heterocycles. The Kier molecular flexibility index (Phi) is 3.95. The molecule has 0 fully saturated rings. The predicted octanol–water partition coefficient (Wildman–Crippen LogP) is 0.655. The molecule has 0 radical (unpaired) electrons. The number of nitrogens with one attached hydrogen (secondary N) is 1. The van der Waals surface area contributed by atoms with E-state index in [1.165, 1.54) is 0 Å². The van der Waals surface area contributed by atoms with Crippen LogP contribution in [-0.2, 0) is 9.59 Å². The molecule has 0 aromatic rings. The second kappa shape index (κ2) is 5.00. The van der Waals surface area contributed by atoms with Gasteiger partial charge in [0.05, 0.1) is 0 Å². The first-order chi connectivity index (χ1) is 6.65. The summed E-state index contributed by atoms with van der Waals surface area (Å²) in [6.07, 6.45) is 3.33. The Morgan fingerprint density at radius 3 is 2.57 bits per heavy atom. The second-order valence-corrected chi connectivity index (χ2v) is 3.49. The highest BCUT2D eigenvalue weighted by Gasteiger charge is 2.18. The first-order valence-corrected chi connectivity index (χ1v) is 5.06. The van der Waals surface area contributed by atoms with Crippen LogP contribution in [0.5, 0.6) is 0 Å². The van der Waals surface area contributed by atoms with Gasteiger partial charge in [-0.05, 0) is 25.7 Å². The first kappa shape index (κ1) is 11.0. The molecule has 78 valence electrons. The summed E-state index contributed by atoms with van der Waals surface area (Å²) in [4.78, 5) is 22.3. The summed E-state index contributed by atoms with van der Waals surface area (Å²) in [6, 6.07) is 0. The van der Waals surface area contributed by atoms with E-state index in [9.17, 15) is 9.59 Å². The third-order valence-electron chi connectivity index (χ3n) is 2.16. The lowest BCUT2D eigenvalue weighted by Crippen LogP contribution is -2.34. The summed E-state index contributed by atoms with van der Waals surface area (Å²) in [5, 5.41) is 2.18. The van der Waals surface area contributed by atoms with Gasteiger partial charge in [-0.15, -0.1) is 11.6 Å². The van der Waals surface area contributed by atoms with Gasteiger partial charge in [-0.3, -0.25) is 14.9 Å². The zero-order chi connectivity index (χ0) is 10.6. The fraction of sp³-hybridized carbons (Fsp3) is 0.556. The van der Waals surface area contributed by atoms with Crippen LogP contribution in [0.4, 0.5) is 0 Å². The minimum absolute atomic E-state index is 0.209. The zero-order valence-corrected chi connectivity index (χ0v) is 8.56. The van der Waals surface area contributed by atoms with Crippen molar-refractivity contribution in [1.82, 2.24) is 5.32 Å². The number of imide groups is 1. The highest BCUT2D eigenvalue weighted by Crippen LogP contribution is 2.21. The monoisotopic (exact) mass is 216 g/mol. The molecule has 0 aromatic carbocycles. The SMILES string of the molecule is NC1=C(C(=O)NC(=O)CCl)CCCC1. The van der Waals surface area contributed by atoms with Crippen LogP contribution in [0.15, 0.2) is 11.3 Å². The molecule has 0 unspecified atom stereocenters. The second-order valence-electron chi connectivity index (χ2n) is 3.22. The smallest absolute Gasteiger partial charge is 0.255 e. The van der Waals surface area contributed by atoms with Crippen molar-refractivity contribution >= 4 is 23.4 Å². The maximum absolute atomic E-state index is 11.4. The van der Waals surface area contributed by atoms with Crippen molar-refractivity contribution in [3.63, 3.8) is 0 Å². The van der Waals surface area contributed by atoms with Crippen molar-refractivity contribution in [2.24, 2.45) is 5.73 Å². The maximum atomic E-state index is 11.4. The Hall–Kier alpha value is -1.03. The molecule has 1 rings (SSSR count). The molecule has 0 saturated heterocycles. The van der Waals surface area contributed by atoms with E-state index < -0.39 is 11.8 Å². The summed E-state index contributed by atoms with van der Waals surface area (Å²) < 4.78 is 0. The summed E-state index contributed by atoms with van der Waals surface area (Å²) in [5.41, 5.74) is 6.80. The van der Waals surface area contributed by atoms with E-state index >= 15 is 0 Å². The van der Waals surface area contributed by atoms with Gasteiger partial charge in [-0.1, -0.05) is 0 Å². The van der Waals surface area contributed by atoms with E-state index in [2.05, 4.69) is 5.32 Å². The summed E-state index contributed by atoms with van der Waals surface area (Å²) >= 11 is 5.26. The number of rotatable bonds is 2. The van der Waals surface area contributed by atoms with Gasteiger partial charge in [0.15, 0.2) is 0 Å². The molecule has 0 saturated carbocycles. The van der Waals surface area contributed by atoms with E-state index in [4.69, 9.17) is 17.3 Å². The van der Waals surface area contributed by atoms with Crippen molar-refractivity contribution < 1.29 is 9.59 Å². The highest BCUT2D eigenvalue weighted by atomic mass is 35.5. The Balaban J connectivity index is 2.63. The molecule has 0 atom stereocenters. The topological polar surface area (TPSA) is 72.2 Å². The molecule has 14 heavy (non-hydrogen) atoms. The Morgan fingerprint density at radius 1 is 1.36 bits per heavy atom. The number of carbonyl (C=O) groups excluding carboxylic acids is 2. The van der Waals surface area contributed by atoms with E-state index in [1.54, 1.807) is 0 Å². The van der Waals surface area contributed by atoms with Crippen LogP contribution >= 0.6 is 11.6 Å².